The Morgan fingerprint density at radius 2 is 2.22 bits per heavy atom. The predicted octanol–water partition coefficient (Wildman–Crippen LogP) is 2.61. The molecule has 0 amide bonds. The van der Waals surface area contributed by atoms with Crippen molar-refractivity contribution in [3.8, 4) is 5.75 Å². The van der Waals surface area contributed by atoms with E-state index in [9.17, 15) is 5.11 Å². The topological polar surface area (TPSA) is 38.7 Å². The molecular weight excluding hydrogens is 228 g/mol. The first-order chi connectivity index (χ1) is 8.74. The van der Waals surface area contributed by atoms with Crippen LogP contribution in [0.2, 0.25) is 0 Å². The summed E-state index contributed by atoms with van der Waals surface area (Å²) in [6.45, 7) is 2.73. The molecule has 3 heteroatoms. The van der Waals surface area contributed by atoms with E-state index < -0.39 is 0 Å². The van der Waals surface area contributed by atoms with Gasteiger partial charge in [0.05, 0.1) is 18.3 Å². The first kappa shape index (κ1) is 12.0. The molecule has 2 aliphatic rings. The van der Waals surface area contributed by atoms with Gasteiger partial charge in [0, 0.05) is 5.56 Å². The van der Waals surface area contributed by atoms with Crippen LogP contribution in [0.4, 0.5) is 0 Å². The Morgan fingerprint density at radius 3 is 3.00 bits per heavy atom. The summed E-state index contributed by atoms with van der Waals surface area (Å²) in [5, 5.41) is 9.84. The van der Waals surface area contributed by atoms with Gasteiger partial charge in [-0.1, -0.05) is 12.1 Å². The van der Waals surface area contributed by atoms with E-state index >= 15 is 0 Å². The number of fused-ring (bicyclic) bond motifs is 1. The zero-order valence-corrected chi connectivity index (χ0v) is 10.8. The summed E-state index contributed by atoms with van der Waals surface area (Å²) >= 11 is 0. The van der Waals surface area contributed by atoms with Gasteiger partial charge in [0.2, 0.25) is 0 Å². The van der Waals surface area contributed by atoms with E-state index in [-0.39, 0.29) is 12.2 Å². The van der Waals surface area contributed by atoms with E-state index in [2.05, 4.69) is 6.92 Å². The fraction of sp³-hybridized carbons (Fsp3) is 0.600. The van der Waals surface area contributed by atoms with Crippen LogP contribution in [0.15, 0.2) is 18.2 Å². The van der Waals surface area contributed by atoms with Crippen LogP contribution in [0.1, 0.15) is 43.4 Å². The number of hydrogen-bond donors (Lipinski definition) is 1. The summed E-state index contributed by atoms with van der Waals surface area (Å²) in [5.74, 6) is 0.923. The van der Waals surface area contributed by atoms with Crippen molar-refractivity contribution in [3.05, 3.63) is 29.3 Å². The number of aliphatic hydroxyl groups excluding tert-OH is 1. The quantitative estimate of drug-likeness (QED) is 0.893. The number of rotatable bonds is 3. The standard InChI is InChI=1S/C15H20O3/c1-10-5-6-11(18-10)9-17-15-4-2-3-12-13(15)7-8-14(12)16/h2-4,10-11,14,16H,5-9H2,1H3. The van der Waals surface area contributed by atoms with Gasteiger partial charge >= 0.3 is 0 Å². The lowest BCUT2D eigenvalue weighted by atomic mass is 10.1. The molecule has 0 saturated carbocycles. The van der Waals surface area contributed by atoms with Gasteiger partial charge in [0.25, 0.3) is 0 Å². The van der Waals surface area contributed by atoms with Crippen LogP contribution < -0.4 is 4.74 Å². The number of aliphatic hydroxyl groups is 1. The second-order valence-corrected chi connectivity index (χ2v) is 5.34. The minimum absolute atomic E-state index is 0.224. The molecule has 3 nitrogen and oxygen atoms in total. The molecule has 1 aromatic carbocycles. The number of benzene rings is 1. The molecule has 0 radical (unpaired) electrons. The van der Waals surface area contributed by atoms with Crippen molar-refractivity contribution in [2.45, 2.75) is 50.9 Å². The van der Waals surface area contributed by atoms with E-state index in [1.807, 2.05) is 18.2 Å². The lowest BCUT2D eigenvalue weighted by Gasteiger charge is -2.15. The van der Waals surface area contributed by atoms with Crippen molar-refractivity contribution in [2.24, 2.45) is 0 Å². The van der Waals surface area contributed by atoms with Gasteiger partial charge in [-0.25, -0.2) is 0 Å². The van der Waals surface area contributed by atoms with Crippen molar-refractivity contribution in [1.82, 2.24) is 0 Å². The summed E-state index contributed by atoms with van der Waals surface area (Å²) in [5.41, 5.74) is 2.21. The zero-order valence-electron chi connectivity index (χ0n) is 10.8. The lowest BCUT2D eigenvalue weighted by molar-refractivity contribution is 0.0263. The van der Waals surface area contributed by atoms with Gasteiger partial charge in [-0.15, -0.1) is 0 Å². The zero-order chi connectivity index (χ0) is 12.5. The minimum atomic E-state index is -0.314. The Balaban J connectivity index is 1.67. The maximum atomic E-state index is 9.84. The first-order valence-corrected chi connectivity index (χ1v) is 6.82. The van der Waals surface area contributed by atoms with Gasteiger partial charge < -0.3 is 14.6 Å². The molecule has 0 bridgehead atoms. The molecule has 3 unspecified atom stereocenters. The highest BCUT2D eigenvalue weighted by Crippen LogP contribution is 2.36. The number of ether oxygens (including phenoxy) is 2. The van der Waals surface area contributed by atoms with E-state index in [4.69, 9.17) is 9.47 Å². The largest absolute Gasteiger partial charge is 0.491 e. The smallest absolute Gasteiger partial charge is 0.122 e. The molecule has 1 aliphatic heterocycles. The summed E-state index contributed by atoms with van der Waals surface area (Å²) in [7, 11) is 0. The Bertz CT molecular complexity index is 430. The third kappa shape index (κ3) is 2.25. The Morgan fingerprint density at radius 1 is 1.33 bits per heavy atom. The molecule has 1 fully saturated rings. The molecule has 18 heavy (non-hydrogen) atoms. The summed E-state index contributed by atoms with van der Waals surface area (Å²) < 4.78 is 11.6. The normalized spacial score (nSPS) is 30.4. The van der Waals surface area contributed by atoms with E-state index in [1.54, 1.807) is 0 Å². The molecular formula is C15H20O3. The summed E-state index contributed by atoms with van der Waals surface area (Å²) in [6, 6.07) is 5.95. The molecule has 1 saturated heterocycles. The molecule has 0 spiro atoms. The van der Waals surface area contributed by atoms with Crippen LogP contribution in [0, 0.1) is 0 Å². The van der Waals surface area contributed by atoms with E-state index in [0.717, 1.165) is 37.0 Å². The van der Waals surface area contributed by atoms with Crippen LogP contribution in [-0.2, 0) is 11.2 Å². The molecule has 1 heterocycles. The predicted molar refractivity (Wildman–Crippen MR) is 68.8 cm³/mol. The van der Waals surface area contributed by atoms with Gasteiger partial charge in [0.15, 0.2) is 0 Å². The van der Waals surface area contributed by atoms with Crippen LogP contribution in [0.5, 0.6) is 5.75 Å². The highest BCUT2D eigenvalue weighted by Gasteiger charge is 2.25. The monoisotopic (exact) mass is 248 g/mol. The molecule has 0 aromatic heterocycles. The molecule has 3 atom stereocenters. The van der Waals surface area contributed by atoms with Crippen LogP contribution >= 0.6 is 0 Å². The maximum absolute atomic E-state index is 9.84. The second-order valence-electron chi connectivity index (χ2n) is 5.34. The summed E-state index contributed by atoms with van der Waals surface area (Å²) in [6.07, 6.45) is 4.20. The van der Waals surface area contributed by atoms with Crippen molar-refractivity contribution in [1.29, 1.82) is 0 Å². The average molecular weight is 248 g/mol. The number of hydrogen-bond acceptors (Lipinski definition) is 3. The van der Waals surface area contributed by atoms with E-state index in [1.165, 1.54) is 5.56 Å². The SMILES string of the molecule is CC1CCC(COc2cccc3c2CCC3O)O1. The first-order valence-electron chi connectivity index (χ1n) is 6.82. The Kier molecular flexibility index (Phi) is 3.27. The van der Waals surface area contributed by atoms with Gasteiger partial charge in [-0.2, -0.15) is 0 Å². The highest BCUT2D eigenvalue weighted by molar-refractivity contribution is 5.44. The van der Waals surface area contributed by atoms with Crippen molar-refractivity contribution in [2.75, 3.05) is 6.61 Å². The van der Waals surface area contributed by atoms with Crippen LogP contribution in [-0.4, -0.2) is 23.9 Å². The molecule has 3 rings (SSSR count). The lowest BCUT2D eigenvalue weighted by Crippen LogP contribution is -2.18. The molecule has 98 valence electrons. The van der Waals surface area contributed by atoms with Gasteiger partial charge in [-0.3, -0.25) is 0 Å². The third-order valence-electron chi connectivity index (χ3n) is 3.94. The molecule has 1 N–H and O–H groups in total. The fourth-order valence-electron chi connectivity index (χ4n) is 2.92. The summed E-state index contributed by atoms with van der Waals surface area (Å²) in [4.78, 5) is 0. The van der Waals surface area contributed by atoms with Gasteiger partial charge in [0.1, 0.15) is 12.4 Å². The minimum Gasteiger partial charge on any atom is -0.491 e. The average Bonchev–Trinajstić information content (AvgIpc) is 2.94. The fourth-order valence-corrected chi connectivity index (χ4v) is 2.92. The molecule has 1 aliphatic carbocycles. The van der Waals surface area contributed by atoms with Crippen molar-refractivity contribution < 1.29 is 14.6 Å². The van der Waals surface area contributed by atoms with Crippen molar-refractivity contribution in [3.63, 3.8) is 0 Å². The van der Waals surface area contributed by atoms with Crippen LogP contribution in [0.25, 0.3) is 0 Å². The highest BCUT2D eigenvalue weighted by atomic mass is 16.5. The third-order valence-corrected chi connectivity index (χ3v) is 3.94. The molecule has 1 aromatic rings. The van der Waals surface area contributed by atoms with Gasteiger partial charge in [-0.05, 0) is 44.2 Å². The van der Waals surface area contributed by atoms with Crippen molar-refractivity contribution >= 4 is 0 Å². The van der Waals surface area contributed by atoms with Crippen LogP contribution in [0.3, 0.4) is 0 Å². The Labute approximate surface area is 108 Å². The Hall–Kier alpha value is -1.06. The second kappa shape index (κ2) is 4.90. The van der Waals surface area contributed by atoms with E-state index in [0.29, 0.717) is 12.7 Å². The maximum Gasteiger partial charge on any atom is 0.122 e.